The molecule has 3 rings (SSSR count). The highest BCUT2D eigenvalue weighted by atomic mass is 35.5. The van der Waals surface area contributed by atoms with Gasteiger partial charge in [-0.15, -0.1) is 0 Å². The maximum atomic E-state index is 6.29. The Bertz CT molecular complexity index is 827. The zero-order valence-corrected chi connectivity index (χ0v) is 12.6. The molecule has 1 N–H and O–H groups in total. The molecular formula is C15H11Cl2N3O. The molecule has 0 spiro atoms. The minimum absolute atomic E-state index is 0.588. The second-order valence-electron chi connectivity index (χ2n) is 4.38. The summed E-state index contributed by atoms with van der Waals surface area (Å²) >= 11 is 12.2. The van der Waals surface area contributed by atoms with Crippen LogP contribution in [0.4, 0.5) is 0 Å². The monoisotopic (exact) mass is 319 g/mol. The van der Waals surface area contributed by atoms with E-state index in [-0.39, 0.29) is 0 Å². The van der Waals surface area contributed by atoms with Crippen LogP contribution in [0.15, 0.2) is 41.6 Å². The van der Waals surface area contributed by atoms with E-state index in [0.717, 1.165) is 27.7 Å². The molecule has 1 aromatic heterocycles. The molecule has 1 heterocycles. The molecule has 2 aromatic carbocycles. The number of halogens is 2. The van der Waals surface area contributed by atoms with Gasteiger partial charge in [0.2, 0.25) is 0 Å². The highest BCUT2D eigenvalue weighted by Crippen LogP contribution is 2.34. The Morgan fingerprint density at radius 2 is 2.05 bits per heavy atom. The fraction of sp³-hybridized carbons (Fsp3) is 0.0667. The quantitative estimate of drug-likeness (QED) is 0.570. The fourth-order valence-corrected chi connectivity index (χ4v) is 2.70. The molecule has 106 valence electrons. The number of nitrogens with one attached hydrogen (secondary N) is 1. The van der Waals surface area contributed by atoms with Crippen molar-refractivity contribution < 1.29 is 4.84 Å². The first-order chi connectivity index (χ1) is 10.2. The first-order valence-electron chi connectivity index (χ1n) is 6.19. The highest BCUT2D eigenvalue weighted by Gasteiger charge is 2.12. The molecule has 6 heteroatoms. The summed E-state index contributed by atoms with van der Waals surface area (Å²) in [4.78, 5) is 4.70. The Morgan fingerprint density at radius 3 is 2.81 bits per heavy atom. The molecule has 0 saturated heterocycles. The van der Waals surface area contributed by atoms with Gasteiger partial charge in [0.1, 0.15) is 12.6 Å². The minimum Gasteiger partial charge on any atom is -0.399 e. The van der Waals surface area contributed by atoms with Crippen LogP contribution >= 0.6 is 23.2 Å². The van der Waals surface area contributed by atoms with Crippen molar-refractivity contribution in [1.29, 1.82) is 0 Å². The molecule has 4 nitrogen and oxygen atoms in total. The smallest absolute Gasteiger partial charge is 0.106 e. The van der Waals surface area contributed by atoms with Crippen molar-refractivity contribution in [3.05, 3.63) is 52.1 Å². The summed E-state index contributed by atoms with van der Waals surface area (Å²) in [5, 5.41) is 13.2. The maximum absolute atomic E-state index is 6.29. The predicted octanol–water partition coefficient (Wildman–Crippen LogP) is 4.52. The van der Waals surface area contributed by atoms with Crippen molar-refractivity contribution in [2.24, 2.45) is 5.16 Å². The van der Waals surface area contributed by atoms with E-state index in [2.05, 4.69) is 15.4 Å². The predicted molar refractivity (Wildman–Crippen MR) is 86.2 cm³/mol. The second kappa shape index (κ2) is 5.76. The van der Waals surface area contributed by atoms with Gasteiger partial charge in [0.15, 0.2) is 0 Å². The van der Waals surface area contributed by atoms with E-state index in [0.29, 0.717) is 10.0 Å². The summed E-state index contributed by atoms with van der Waals surface area (Å²) in [6.45, 7) is 0. The van der Waals surface area contributed by atoms with Gasteiger partial charge in [0.05, 0.1) is 11.9 Å². The number of para-hydroxylation sites is 1. The lowest BCUT2D eigenvalue weighted by molar-refractivity contribution is 0.215. The van der Waals surface area contributed by atoms with Crippen LogP contribution in [0, 0.1) is 0 Å². The lowest BCUT2D eigenvalue weighted by Crippen LogP contribution is -1.84. The largest absolute Gasteiger partial charge is 0.399 e. The highest BCUT2D eigenvalue weighted by molar-refractivity contribution is 6.36. The molecule has 21 heavy (non-hydrogen) atoms. The molecule has 0 aliphatic rings. The van der Waals surface area contributed by atoms with Crippen molar-refractivity contribution in [2.75, 3.05) is 7.11 Å². The summed E-state index contributed by atoms with van der Waals surface area (Å²) < 4.78 is 0. The summed E-state index contributed by atoms with van der Waals surface area (Å²) in [6.07, 6.45) is 1.59. The summed E-state index contributed by atoms with van der Waals surface area (Å²) in [5.41, 5.74) is 3.41. The third-order valence-electron chi connectivity index (χ3n) is 3.12. The summed E-state index contributed by atoms with van der Waals surface area (Å²) in [5.74, 6) is 0. The van der Waals surface area contributed by atoms with Gasteiger partial charge in [0.25, 0.3) is 0 Å². The van der Waals surface area contributed by atoms with Crippen LogP contribution in [0.25, 0.3) is 22.0 Å². The third kappa shape index (κ3) is 2.60. The first kappa shape index (κ1) is 13.9. The van der Waals surface area contributed by atoms with Gasteiger partial charge in [-0.1, -0.05) is 52.6 Å². The SMILES string of the molecule is CON=Cc1[nH]nc2c(-c3ccc(Cl)cc3Cl)cccc12. The van der Waals surface area contributed by atoms with Crippen molar-refractivity contribution in [2.45, 2.75) is 0 Å². The normalized spacial score (nSPS) is 11.4. The van der Waals surface area contributed by atoms with E-state index in [9.17, 15) is 0 Å². The van der Waals surface area contributed by atoms with Crippen LogP contribution in [-0.4, -0.2) is 23.5 Å². The second-order valence-corrected chi connectivity index (χ2v) is 5.22. The van der Waals surface area contributed by atoms with Crippen molar-refractivity contribution >= 4 is 40.3 Å². The third-order valence-corrected chi connectivity index (χ3v) is 3.67. The Labute approximate surface area is 131 Å². The number of hydrogen-bond acceptors (Lipinski definition) is 3. The number of rotatable bonds is 3. The van der Waals surface area contributed by atoms with Crippen LogP contribution in [0.3, 0.4) is 0 Å². The molecule has 0 amide bonds. The van der Waals surface area contributed by atoms with Crippen molar-refractivity contribution in [3.63, 3.8) is 0 Å². The average molecular weight is 320 g/mol. The molecule has 0 bridgehead atoms. The molecule has 0 unspecified atom stereocenters. The van der Waals surface area contributed by atoms with Gasteiger partial charge in [-0.2, -0.15) is 5.10 Å². The van der Waals surface area contributed by atoms with E-state index >= 15 is 0 Å². The number of oxime groups is 1. The van der Waals surface area contributed by atoms with E-state index in [1.807, 2.05) is 30.3 Å². The molecule has 0 atom stereocenters. The van der Waals surface area contributed by atoms with Crippen LogP contribution in [0.2, 0.25) is 10.0 Å². The number of hydrogen-bond donors (Lipinski definition) is 1. The van der Waals surface area contributed by atoms with Crippen LogP contribution in [0.5, 0.6) is 0 Å². The zero-order valence-electron chi connectivity index (χ0n) is 11.1. The van der Waals surface area contributed by atoms with Gasteiger partial charge in [-0.3, -0.25) is 5.10 Å². The van der Waals surface area contributed by atoms with Crippen molar-refractivity contribution in [1.82, 2.24) is 10.2 Å². The van der Waals surface area contributed by atoms with Gasteiger partial charge in [-0.05, 0) is 12.1 Å². The lowest BCUT2D eigenvalue weighted by atomic mass is 10.0. The summed E-state index contributed by atoms with van der Waals surface area (Å²) in [6, 6.07) is 11.3. The number of aromatic nitrogens is 2. The average Bonchev–Trinajstić information content (AvgIpc) is 2.88. The number of benzene rings is 2. The standard InChI is InChI=1S/C15H11Cl2N3O/c1-21-18-8-14-12-4-2-3-11(15(12)20-19-14)10-6-5-9(16)7-13(10)17/h2-8H,1H3,(H,19,20). The molecule has 0 fully saturated rings. The summed E-state index contributed by atoms with van der Waals surface area (Å²) in [7, 11) is 1.49. The lowest BCUT2D eigenvalue weighted by Gasteiger charge is -2.05. The Morgan fingerprint density at radius 1 is 1.19 bits per heavy atom. The van der Waals surface area contributed by atoms with Gasteiger partial charge in [-0.25, -0.2) is 0 Å². The van der Waals surface area contributed by atoms with Crippen LogP contribution in [-0.2, 0) is 4.84 Å². The Hall–Kier alpha value is -2.04. The number of nitrogens with zero attached hydrogens (tertiary/aromatic N) is 2. The zero-order chi connectivity index (χ0) is 14.8. The van der Waals surface area contributed by atoms with Crippen LogP contribution in [0.1, 0.15) is 5.69 Å². The van der Waals surface area contributed by atoms with Gasteiger partial charge in [0, 0.05) is 26.6 Å². The van der Waals surface area contributed by atoms with Crippen molar-refractivity contribution in [3.8, 4) is 11.1 Å². The Balaban J connectivity index is 2.20. The maximum Gasteiger partial charge on any atom is 0.106 e. The van der Waals surface area contributed by atoms with E-state index < -0.39 is 0 Å². The fourth-order valence-electron chi connectivity index (χ4n) is 2.19. The number of fused-ring (bicyclic) bond motifs is 1. The van der Waals surface area contributed by atoms with E-state index in [1.165, 1.54) is 7.11 Å². The number of H-pyrrole nitrogens is 1. The molecule has 0 saturated carbocycles. The van der Waals surface area contributed by atoms with Gasteiger partial charge >= 0.3 is 0 Å². The van der Waals surface area contributed by atoms with Gasteiger partial charge < -0.3 is 4.84 Å². The topological polar surface area (TPSA) is 50.3 Å². The van der Waals surface area contributed by atoms with Crippen LogP contribution < -0.4 is 0 Å². The minimum atomic E-state index is 0.588. The molecular weight excluding hydrogens is 309 g/mol. The molecule has 0 aliphatic carbocycles. The molecule has 3 aromatic rings. The first-order valence-corrected chi connectivity index (χ1v) is 6.95. The van der Waals surface area contributed by atoms with E-state index in [1.54, 1.807) is 12.3 Å². The van der Waals surface area contributed by atoms with E-state index in [4.69, 9.17) is 28.0 Å². The Kier molecular flexibility index (Phi) is 3.82. The number of aromatic amines is 1. The molecule has 0 radical (unpaired) electrons. The molecule has 0 aliphatic heterocycles.